The molecule has 154 valence electrons. The molecule has 6 nitrogen and oxygen atoms in total. The minimum atomic E-state index is -0.611. The molecule has 7 heteroatoms. The molecule has 3 aromatic rings. The number of amides is 2. The van der Waals surface area contributed by atoms with E-state index >= 15 is 0 Å². The molecule has 1 heterocycles. The lowest BCUT2D eigenvalue weighted by molar-refractivity contribution is -0.123. The number of carbonyl (C=O) groups is 2. The first-order valence-corrected chi connectivity index (χ1v) is 10.8. The molecule has 0 saturated carbocycles. The van der Waals surface area contributed by atoms with Crippen molar-refractivity contribution in [3.63, 3.8) is 0 Å². The first kappa shape index (κ1) is 20.3. The molecular formula is C23H24N4O2S. The summed E-state index contributed by atoms with van der Waals surface area (Å²) >= 11 is 1.42. The molecule has 0 spiro atoms. The number of nitrogens with two attached hydrogens (primary N) is 1. The minimum Gasteiger partial charge on any atom is -0.345 e. The zero-order valence-corrected chi connectivity index (χ0v) is 17.5. The second kappa shape index (κ2) is 8.77. The summed E-state index contributed by atoms with van der Waals surface area (Å²) in [6.07, 6.45) is 1.50. The number of benzene rings is 2. The van der Waals surface area contributed by atoms with Gasteiger partial charge in [0.1, 0.15) is 0 Å². The van der Waals surface area contributed by atoms with Gasteiger partial charge in [0.05, 0.1) is 23.7 Å². The van der Waals surface area contributed by atoms with Gasteiger partial charge in [-0.2, -0.15) is 0 Å². The molecule has 0 bridgehead atoms. The van der Waals surface area contributed by atoms with E-state index in [2.05, 4.69) is 15.6 Å². The van der Waals surface area contributed by atoms with E-state index in [1.165, 1.54) is 11.3 Å². The zero-order chi connectivity index (χ0) is 21.1. The van der Waals surface area contributed by atoms with Gasteiger partial charge in [-0.3, -0.25) is 9.59 Å². The molecule has 4 N–H and O–H groups in total. The number of aryl methyl sites for hydroxylation is 1. The largest absolute Gasteiger partial charge is 0.345 e. The van der Waals surface area contributed by atoms with Gasteiger partial charge in [-0.25, -0.2) is 4.98 Å². The maximum absolute atomic E-state index is 13.3. The van der Waals surface area contributed by atoms with Gasteiger partial charge in [-0.05, 0) is 30.9 Å². The lowest BCUT2D eigenvalue weighted by Crippen LogP contribution is -2.33. The predicted octanol–water partition coefficient (Wildman–Crippen LogP) is 3.36. The van der Waals surface area contributed by atoms with Crippen LogP contribution in [0.5, 0.6) is 0 Å². The molecule has 0 aliphatic heterocycles. The molecule has 30 heavy (non-hydrogen) atoms. The first-order chi connectivity index (χ1) is 14.5. The highest BCUT2D eigenvalue weighted by atomic mass is 32.1. The Morgan fingerprint density at radius 1 is 1.07 bits per heavy atom. The van der Waals surface area contributed by atoms with E-state index in [1.807, 2.05) is 60.7 Å². The highest BCUT2D eigenvalue weighted by Crippen LogP contribution is 2.39. The highest BCUT2D eigenvalue weighted by Gasteiger charge is 2.34. The van der Waals surface area contributed by atoms with Crippen molar-refractivity contribution < 1.29 is 9.59 Å². The molecule has 0 radical (unpaired) electrons. The third kappa shape index (κ3) is 4.27. The van der Waals surface area contributed by atoms with Crippen LogP contribution in [0, 0.1) is 0 Å². The van der Waals surface area contributed by atoms with Crippen LogP contribution in [0.4, 0.5) is 5.13 Å². The van der Waals surface area contributed by atoms with Gasteiger partial charge in [0.2, 0.25) is 11.8 Å². The van der Waals surface area contributed by atoms with E-state index in [4.69, 9.17) is 5.73 Å². The van der Waals surface area contributed by atoms with E-state index < -0.39 is 6.04 Å². The van der Waals surface area contributed by atoms with Crippen LogP contribution in [0.2, 0.25) is 0 Å². The standard InChI is InChI=1S/C23H24N4O2S/c1-14(24)21(28)27-23-26-20-17(12-13-18(20)30-23)22(29)25-19(15-8-4-2-5-9-15)16-10-6-3-7-11-16/h2-11,14,17,19H,12-13,24H2,1H3,(H,25,29)(H,26,27,28)/t14-,17?/m0/s1. The fourth-order valence-electron chi connectivity index (χ4n) is 3.65. The molecule has 0 fully saturated rings. The van der Waals surface area contributed by atoms with Crippen LogP contribution in [0.1, 0.15) is 47.0 Å². The van der Waals surface area contributed by atoms with Gasteiger partial charge in [0, 0.05) is 4.88 Å². The van der Waals surface area contributed by atoms with E-state index in [0.717, 1.165) is 34.5 Å². The number of aromatic nitrogens is 1. The second-order valence-electron chi connectivity index (χ2n) is 7.46. The van der Waals surface area contributed by atoms with Crippen molar-refractivity contribution in [3.8, 4) is 0 Å². The topological polar surface area (TPSA) is 97.1 Å². The van der Waals surface area contributed by atoms with E-state index in [0.29, 0.717) is 5.13 Å². The first-order valence-electron chi connectivity index (χ1n) is 9.99. The minimum absolute atomic E-state index is 0.0539. The summed E-state index contributed by atoms with van der Waals surface area (Å²) in [5.41, 5.74) is 8.43. The Morgan fingerprint density at radius 3 is 2.23 bits per heavy atom. The average Bonchev–Trinajstić information content (AvgIpc) is 3.33. The Kier molecular flexibility index (Phi) is 5.92. The normalized spacial score (nSPS) is 16.2. The zero-order valence-electron chi connectivity index (χ0n) is 16.7. The van der Waals surface area contributed by atoms with Crippen molar-refractivity contribution in [3.05, 3.63) is 82.4 Å². The molecule has 1 unspecified atom stereocenters. The molecule has 2 atom stereocenters. The van der Waals surface area contributed by atoms with Gasteiger partial charge in [-0.1, -0.05) is 60.7 Å². The number of nitrogens with zero attached hydrogens (tertiary/aromatic N) is 1. The van der Waals surface area contributed by atoms with Crippen LogP contribution in [-0.4, -0.2) is 22.8 Å². The SMILES string of the molecule is C[C@H](N)C(=O)Nc1nc2c(s1)CCC2C(=O)NC(c1ccccc1)c1ccccc1. The molecule has 4 rings (SSSR count). The molecule has 2 aromatic carbocycles. The fourth-order valence-corrected chi connectivity index (χ4v) is 4.69. The average molecular weight is 421 g/mol. The van der Waals surface area contributed by atoms with Crippen molar-refractivity contribution in [1.82, 2.24) is 10.3 Å². The van der Waals surface area contributed by atoms with Gasteiger partial charge >= 0.3 is 0 Å². The molecule has 2 amide bonds. The number of thiazole rings is 1. The Balaban J connectivity index is 1.55. The molecule has 1 aromatic heterocycles. The molecule has 1 aliphatic rings. The Bertz CT molecular complexity index is 994. The summed E-state index contributed by atoms with van der Waals surface area (Å²) in [4.78, 5) is 30.7. The Morgan fingerprint density at radius 2 is 1.67 bits per heavy atom. The van der Waals surface area contributed by atoms with E-state index in [9.17, 15) is 9.59 Å². The number of nitrogens with one attached hydrogen (secondary N) is 2. The lowest BCUT2D eigenvalue weighted by Gasteiger charge is -2.22. The van der Waals surface area contributed by atoms with Gasteiger partial charge in [-0.15, -0.1) is 11.3 Å². The Labute approximate surface area is 179 Å². The van der Waals surface area contributed by atoms with Crippen LogP contribution < -0.4 is 16.4 Å². The van der Waals surface area contributed by atoms with Crippen molar-refractivity contribution in [2.45, 2.75) is 37.8 Å². The number of anilines is 1. The highest BCUT2D eigenvalue weighted by molar-refractivity contribution is 7.16. The van der Waals surface area contributed by atoms with Crippen molar-refractivity contribution in [2.24, 2.45) is 5.73 Å². The quantitative estimate of drug-likeness (QED) is 0.570. The summed E-state index contributed by atoms with van der Waals surface area (Å²) < 4.78 is 0. The van der Waals surface area contributed by atoms with Gasteiger partial charge in [0.25, 0.3) is 0 Å². The molecule has 0 saturated heterocycles. The summed E-state index contributed by atoms with van der Waals surface area (Å²) in [6.45, 7) is 1.63. The number of hydrogen-bond donors (Lipinski definition) is 3. The number of rotatable bonds is 6. The maximum Gasteiger partial charge on any atom is 0.242 e. The maximum atomic E-state index is 13.3. The van der Waals surface area contributed by atoms with Crippen LogP contribution in [0.3, 0.4) is 0 Å². The second-order valence-corrected chi connectivity index (χ2v) is 8.54. The summed E-state index contributed by atoms with van der Waals surface area (Å²) in [5, 5.41) is 6.46. The summed E-state index contributed by atoms with van der Waals surface area (Å²) in [6, 6.07) is 19.0. The summed E-state index contributed by atoms with van der Waals surface area (Å²) in [7, 11) is 0. The monoisotopic (exact) mass is 420 g/mol. The summed E-state index contributed by atoms with van der Waals surface area (Å²) in [5.74, 6) is -0.661. The van der Waals surface area contributed by atoms with Crippen LogP contribution >= 0.6 is 11.3 Å². The van der Waals surface area contributed by atoms with Gasteiger partial charge in [0.15, 0.2) is 5.13 Å². The third-order valence-corrected chi connectivity index (χ3v) is 6.28. The number of fused-ring (bicyclic) bond motifs is 1. The van der Waals surface area contributed by atoms with Crippen LogP contribution in [0.25, 0.3) is 0 Å². The van der Waals surface area contributed by atoms with Crippen LogP contribution in [0.15, 0.2) is 60.7 Å². The van der Waals surface area contributed by atoms with Crippen LogP contribution in [-0.2, 0) is 16.0 Å². The van der Waals surface area contributed by atoms with Crippen molar-refractivity contribution in [1.29, 1.82) is 0 Å². The Hall–Kier alpha value is -3.03. The number of hydrogen-bond acceptors (Lipinski definition) is 5. The predicted molar refractivity (Wildman–Crippen MR) is 118 cm³/mol. The number of carbonyl (C=O) groups excluding carboxylic acids is 2. The van der Waals surface area contributed by atoms with Crippen molar-refractivity contribution in [2.75, 3.05) is 5.32 Å². The fraction of sp³-hybridized carbons (Fsp3) is 0.261. The third-order valence-electron chi connectivity index (χ3n) is 5.23. The smallest absolute Gasteiger partial charge is 0.242 e. The van der Waals surface area contributed by atoms with Gasteiger partial charge < -0.3 is 16.4 Å². The van der Waals surface area contributed by atoms with Crippen molar-refractivity contribution >= 4 is 28.3 Å². The molecular weight excluding hydrogens is 396 g/mol. The van der Waals surface area contributed by atoms with E-state index in [-0.39, 0.29) is 23.8 Å². The van der Waals surface area contributed by atoms with E-state index in [1.54, 1.807) is 6.92 Å². The lowest BCUT2D eigenvalue weighted by atomic mass is 9.97. The molecule has 1 aliphatic carbocycles.